The number of alkyl halides is 3. The monoisotopic (exact) mass is 409 g/mol. The Labute approximate surface area is 162 Å². The number of benzene rings is 2. The van der Waals surface area contributed by atoms with Crippen LogP contribution in [0, 0.1) is 0 Å². The molecule has 0 unspecified atom stereocenters. The van der Waals surface area contributed by atoms with Crippen molar-refractivity contribution < 1.29 is 18.0 Å². The second-order valence-corrected chi connectivity index (χ2v) is 6.79. The number of fused-ring (bicyclic) bond motifs is 1. The zero-order valence-corrected chi connectivity index (χ0v) is 15.6. The molecular weight excluding hydrogens is 395 g/mol. The number of hydrogen-bond donors (Lipinski definition) is 1. The van der Waals surface area contributed by atoms with Crippen LogP contribution in [0.15, 0.2) is 47.3 Å². The van der Waals surface area contributed by atoms with E-state index in [0.29, 0.717) is 10.8 Å². The summed E-state index contributed by atoms with van der Waals surface area (Å²) in [7, 11) is 0. The largest absolute Gasteiger partial charge is 0.417 e. The highest BCUT2D eigenvalue weighted by Crippen LogP contribution is 2.36. The first-order valence-electron chi connectivity index (χ1n) is 8.29. The van der Waals surface area contributed by atoms with Gasteiger partial charge in [-0.2, -0.15) is 18.3 Å². The van der Waals surface area contributed by atoms with E-state index in [9.17, 15) is 22.8 Å². The number of aromatic nitrogens is 2. The van der Waals surface area contributed by atoms with Crippen molar-refractivity contribution in [3.63, 3.8) is 0 Å². The van der Waals surface area contributed by atoms with Gasteiger partial charge in [0.2, 0.25) is 0 Å². The van der Waals surface area contributed by atoms with Crippen molar-refractivity contribution in [2.75, 3.05) is 5.32 Å². The summed E-state index contributed by atoms with van der Waals surface area (Å²) in [4.78, 5) is 25.3. The molecule has 0 aliphatic rings. The third-order valence-electron chi connectivity index (χ3n) is 4.06. The zero-order chi connectivity index (χ0) is 20.6. The van der Waals surface area contributed by atoms with Gasteiger partial charge in [-0.15, -0.1) is 0 Å². The second-order valence-electron chi connectivity index (χ2n) is 6.38. The number of halogens is 4. The van der Waals surface area contributed by atoms with Crippen LogP contribution in [0.2, 0.25) is 5.02 Å². The number of amides is 1. The van der Waals surface area contributed by atoms with Crippen LogP contribution in [0.4, 0.5) is 18.9 Å². The minimum Gasteiger partial charge on any atom is -0.321 e. The van der Waals surface area contributed by atoms with Gasteiger partial charge < -0.3 is 5.32 Å². The molecule has 0 aliphatic heterocycles. The number of anilines is 1. The van der Waals surface area contributed by atoms with Crippen LogP contribution in [-0.2, 0) is 6.18 Å². The predicted molar refractivity (Wildman–Crippen MR) is 101 cm³/mol. The maximum atomic E-state index is 13.0. The molecule has 0 saturated heterocycles. The van der Waals surface area contributed by atoms with E-state index in [-0.39, 0.29) is 23.0 Å². The van der Waals surface area contributed by atoms with Crippen LogP contribution in [0.25, 0.3) is 10.8 Å². The number of rotatable bonds is 3. The Morgan fingerprint density at radius 3 is 2.39 bits per heavy atom. The molecule has 0 saturated carbocycles. The lowest BCUT2D eigenvalue weighted by Crippen LogP contribution is -2.29. The highest BCUT2D eigenvalue weighted by molar-refractivity contribution is 6.31. The maximum Gasteiger partial charge on any atom is 0.417 e. The molecule has 1 N–H and O–H groups in total. The number of carbonyl (C=O) groups excluding carboxylic acids is 1. The van der Waals surface area contributed by atoms with E-state index in [1.807, 2.05) is 0 Å². The topological polar surface area (TPSA) is 64.0 Å². The first-order chi connectivity index (χ1) is 13.1. The fraction of sp³-hybridized carbons (Fsp3) is 0.211. The number of hydrogen-bond acceptors (Lipinski definition) is 3. The average Bonchev–Trinajstić information content (AvgIpc) is 2.62. The molecule has 5 nitrogen and oxygen atoms in total. The van der Waals surface area contributed by atoms with E-state index in [1.54, 1.807) is 38.1 Å². The minimum atomic E-state index is -4.66. The van der Waals surface area contributed by atoms with Crippen molar-refractivity contribution in [1.29, 1.82) is 0 Å². The molecule has 1 heterocycles. The van der Waals surface area contributed by atoms with E-state index < -0.39 is 22.7 Å². The molecule has 2 aromatic carbocycles. The van der Waals surface area contributed by atoms with Crippen molar-refractivity contribution >= 4 is 34.0 Å². The van der Waals surface area contributed by atoms with Crippen molar-refractivity contribution in [3.05, 3.63) is 69.1 Å². The quantitative estimate of drug-likeness (QED) is 0.669. The summed E-state index contributed by atoms with van der Waals surface area (Å²) in [6, 6.07) is 9.19. The van der Waals surface area contributed by atoms with Crippen LogP contribution in [-0.4, -0.2) is 15.7 Å². The molecule has 3 rings (SSSR count). The molecule has 0 bridgehead atoms. The predicted octanol–water partition coefficient (Wildman–Crippen LogP) is 4.90. The molecule has 0 radical (unpaired) electrons. The SMILES string of the molecule is CC(C)n1nc(C(=O)Nc2ccc(Cl)c(C(F)(F)F)c2)c2ccccc2c1=O. The summed E-state index contributed by atoms with van der Waals surface area (Å²) in [5.41, 5.74) is -1.56. The third-order valence-corrected chi connectivity index (χ3v) is 4.39. The average molecular weight is 410 g/mol. The van der Waals surface area contributed by atoms with Gasteiger partial charge in [0.15, 0.2) is 5.69 Å². The molecular formula is C19H15ClF3N3O2. The van der Waals surface area contributed by atoms with E-state index in [0.717, 1.165) is 12.1 Å². The van der Waals surface area contributed by atoms with Crippen molar-refractivity contribution in [3.8, 4) is 0 Å². The number of nitrogens with zero attached hydrogens (tertiary/aromatic N) is 2. The fourth-order valence-electron chi connectivity index (χ4n) is 2.73. The van der Waals surface area contributed by atoms with Crippen molar-refractivity contribution in [2.45, 2.75) is 26.1 Å². The van der Waals surface area contributed by atoms with Crippen LogP contribution in [0.3, 0.4) is 0 Å². The summed E-state index contributed by atoms with van der Waals surface area (Å²) in [6.07, 6.45) is -4.66. The van der Waals surface area contributed by atoms with Gasteiger partial charge in [0, 0.05) is 11.1 Å². The Hall–Kier alpha value is -2.87. The molecule has 28 heavy (non-hydrogen) atoms. The summed E-state index contributed by atoms with van der Waals surface area (Å²) in [6.45, 7) is 3.47. The fourth-order valence-corrected chi connectivity index (χ4v) is 2.96. The van der Waals surface area contributed by atoms with Crippen molar-refractivity contribution in [1.82, 2.24) is 9.78 Å². The summed E-state index contributed by atoms with van der Waals surface area (Å²) >= 11 is 5.60. The highest BCUT2D eigenvalue weighted by atomic mass is 35.5. The zero-order valence-electron chi connectivity index (χ0n) is 14.8. The summed E-state index contributed by atoms with van der Waals surface area (Å²) in [5, 5.41) is 6.67. The molecule has 1 aromatic heterocycles. The summed E-state index contributed by atoms with van der Waals surface area (Å²) < 4.78 is 40.3. The van der Waals surface area contributed by atoms with Gasteiger partial charge in [-0.3, -0.25) is 9.59 Å². The van der Waals surface area contributed by atoms with E-state index >= 15 is 0 Å². The highest BCUT2D eigenvalue weighted by Gasteiger charge is 2.33. The molecule has 0 atom stereocenters. The lowest BCUT2D eigenvalue weighted by atomic mass is 10.1. The normalized spacial score (nSPS) is 11.8. The lowest BCUT2D eigenvalue weighted by Gasteiger charge is -2.14. The minimum absolute atomic E-state index is 0.0626. The molecule has 1 amide bonds. The Morgan fingerprint density at radius 1 is 1.14 bits per heavy atom. The maximum absolute atomic E-state index is 13.0. The van der Waals surface area contributed by atoms with Gasteiger partial charge in [0.1, 0.15) is 0 Å². The van der Waals surface area contributed by atoms with Crippen LogP contribution < -0.4 is 10.9 Å². The Kier molecular flexibility index (Phi) is 5.16. The van der Waals surface area contributed by atoms with Gasteiger partial charge in [-0.05, 0) is 38.1 Å². The van der Waals surface area contributed by atoms with Gasteiger partial charge >= 0.3 is 6.18 Å². The Bertz CT molecular complexity index is 1120. The van der Waals surface area contributed by atoms with Crippen LogP contribution in [0.5, 0.6) is 0 Å². The Balaban J connectivity index is 2.08. The first-order valence-corrected chi connectivity index (χ1v) is 8.67. The van der Waals surface area contributed by atoms with Gasteiger partial charge in [-0.1, -0.05) is 29.8 Å². The Morgan fingerprint density at radius 2 is 1.79 bits per heavy atom. The molecule has 0 fully saturated rings. The molecule has 146 valence electrons. The number of carbonyl (C=O) groups is 1. The number of nitrogens with one attached hydrogen (secondary N) is 1. The van der Waals surface area contributed by atoms with Crippen LogP contribution >= 0.6 is 11.6 Å². The molecule has 9 heteroatoms. The lowest BCUT2D eigenvalue weighted by molar-refractivity contribution is -0.137. The third kappa shape index (κ3) is 3.73. The first kappa shape index (κ1) is 19.9. The standard InChI is InChI=1S/C19H15ClF3N3O2/c1-10(2)26-18(28)13-6-4-3-5-12(13)16(25-26)17(27)24-11-7-8-15(20)14(9-11)19(21,22)23/h3-10H,1-2H3,(H,24,27). The van der Waals surface area contributed by atoms with E-state index in [2.05, 4.69) is 10.4 Å². The van der Waals surface area contributed by atoms with Gasteiger partial charge in [0.25, 0.3) is 11.5 Å². The molecule has 3 aromatic rings. The summed E-state index contributed by atoms with van der Waals surface area (Å²) in [5.74, 6) is -0.735. The van der Waals surface area contributed by atoms with E-state index in [4.69, 9.17) is 11.6 Å². The van der Waals surface area contributed by atoms with E-state index in [1.165, 1.54) is 10.7 Å². The second kappa shape index (κ2) is 7.27. The van der Waals surface area contributed by atoms with Gasteiger partial charge in [-0.25, -0.2) is 4.68 Å². The molecule has 0 spiro atoms. The van der Waals surface area contributed by atoms with Gasteiger partial charge in [0.05, 0.1) is 22.0 Å². The van der Waals surface area contributed by atoms with Crippen LogP contribution in [0.1, 0.15) is 35.9 Å². The van der Waals surface area contributed by atoms with Crippen molar-refractivity contribution in [2.24, 2.45) is 0 Å². The molecule has 0 aliphatic carbocycles. The smallest absolute Gasteiger partial charge is 0.321 e.